The minimum absolute atomic E-state index is 0.0630. The number of fused-ring (bicyclic) bond motifs is 1. The average molecular weight is 274 g/mol. The number of thiophene rings is 1. The van der Waals surface area contributed by atoms with Crippen LogP contribution >= 0.6 is 11.3 Å². The second-order valence-electron chi connectivity index (χ2n) is 5.21. The van der Waals surface area contributed by atoms with Crippen LogP contribution in [0.2, 0.25) is 0 Å². The maximum Gasteiger partial charge on any atom is 0.241 e. The Morgan fingerprint density at radius 2 is 2.32 bits per heavy atom. The SMILES string of the molecule is CC1CCCNC1C(=O)Nc1ccc2sccc2c1. The van der Waals surface area contributed by atoms with E-state index in [2.05, 4.69) is 35.1 Å². The number of carbonyl (C=O) groups is 1. The Kier molecular flexibility index (Phi) is 3.53. The zero-order valence-corrected chi connectivity index (χ0v) is 11.8. The lowest BCUT2D eigenvalue weighted by atomic mass is 9.92. The van der Waals surface area contributed by atoms with E-state index in [4.69, 9.17) is 0 Å². The smallest absolute Gasteiger partial charge is 0.241 e. The molecule has 1 aromatic heterocycles. The van der Waals surface area contributed by atoms with Gasteiger partial charge in [-0.15, -0.1) is 11.3 Å². The first-order valence-corrected chi connectivity index (χ1v) is 7.63. The number of amides is 1. The van der Waals surface area contributed by atoms with Gasteiger partial charge in [0.2, 0.25) is 5.91 Å². The van der Waals surface area contributed by atoms with Crippen molar-refractivity contribution < 1.29 is 4.79 Å². The fourth-order valence-corrected chi connectivity index (χ4v) is 3.44. The summed E-state index contributed by atoms with van der Waals surface area (Å²) in [5.74, 6) is 0.486. The third-order valence-electron chi connectivity index (χ3n) is 3.77. The van der Waals surface area contributed by atoms with Gasteiger partial charge in [0.1, 0.15) is 0 Å². The van der Waals surface area contributed by atoms with Crippen LogP contribution in [0.15, 0.2) is 29.6 Å². The molecule has 3 nitrogen and oxygen atoms in total. The van der Waals surface area contributed by atoms with Gasteiger partial charge in [-0.25, -0.2) is 0 Å². The molecule has 2 atom stereocenters. The van der Waals surface area contributed by atoms with E-state index < -0.39 is 0 Å². The van der Waals surface area contributed by atoms with Crippen molar-refractivity contribution in [2.75, 3.05) is 11.9 Å². The molecule has 0 aliphatic carbocycles. The van der Waals surface area contributed by atoms with Crippen LogP contribution < -0.4 is 10.6 Å². The van der Waals surface area contributed by atoms with Crippen molar-refractivity contribution in [3.05, 3.63) is 29.6 Å². The highest BCUT2D eigenvalue weighted by atomic mass is 32.1. The van der Waals surface area contributed by atoms with Crippen molar-refractivity contribution in [3.63, 3.8) is 0 Å². The molecule has 19 heavy (non-hydrogen) atoms. The summed E-state index contributed by atoms with van der Waals surface area (Å²) >= 11 is 1.72. The van der Waals surface area contributed by atoms with Crippen LogP contribution in [0.1, 0.15) is 19.8 Å². The summed E-state index contributed by atoms with van der Waals surface area (Å²) in [4.78, 5) is 12.3. The van der Waals surface area contributed by atoms with Crippen LogP contribution in [0.4, 0.5) is 5.69 Å². The molecule has 1 aromatic carbocycles. The van der Waals surface area contributed by atoms with Gasteiger partial charge < -0.3 is 10.6 Å². The van der Waals surface area contributed by atoms with E-state index in [1.807, 2.05) is 12.1 Å². The van der Waals surface area contributed by atoms with E-state index in [0.29, 0.717) is 5.92 Å². The molecule has 0 radical (unpaired) electrons. The minimum atomic E-state index is -0.0630. The summed E-state index contributed by atoms with van der Waals surface area (Å²) < 4.78 is 1.25. The number of hydrogen-bond donors (Lipinski definition) is 2. The Balaban J connectivity index is 1.74. The van der Waals surface area contributed by atoms with Crippen LogP contribution in [0.3, 0.4) is 0 Å². The molecule has 0 saturated carbocycles. The van der Waals surface area contributed by atoms with Crippen LogP contribution in [0, 0.1) is 5.92 Å². The zero-order chi connectivity index (χ0) is 13.2. The summed E-state index contributed by atoms with van der Waals surface area (Å²) in [7, 11) is 0. The first kappa shape index (κ1) is 12.6. The van der Waals surface area contributed by atoms with E-state index in [1.165, 1.54) is 10.1 Å². The van der Waals surface area contributed by atoms with Gasteiger partial charge in [0.15, 0.2) is 0 Å². The van der Waals surface area contributed by atoms with E-state index in [-0.39, 0.29) is 11.9 Å². The van der Waals surface area contributed by atoms with Crippen LogP contribution in [0.25, 0.3) is 10.1 Å². The van der Waals surface area contributed by atoms with Gasteiger partial charge in [0, 0.05) is 10.4 Å². The van der Waals surface area contributed by atoms with E-state index in [0.717, 1.165) is 25.1 Å². The Bertz CT molecular complexity index is 593. The third-order valence-corrected chi connectivity index (χ3v) is 4.67. The molecular weight excluding hydrogens is 256 g/mol. The van der Waals surface area contributed by atoms with Crippen LogP contribution in [-0.4, -0.2) is 18.5 Å². The second-order valence-corrected chi connectivity index (χ2v) is 6.16. The normalized spacial score (nSPS) is 23.4. The van der Waals surface area contributed by atoms with Crippen molar-refractivity contribution in [2.45, 2.75) is 25.8 Å². The van der Waals surface area contributed by atoms with Crippen molar-refractivity contribution in [1.82, 2.24) is 5.32 Å². The van der Waals surface area contributed by atoms with Gasteiger partial charge in [-0.2, -0.15) is 0 Å². The molecule has 0 bridgehead atoms. The second kappa shape index (κ2) is 5.31. The van der Waals surface area contributed by atoms with Gasteiger partial charge in [-0.05, 0) is 60.3 Å². The molecule has 2 heterocycles. The molecule has 1 aliphatic heterocycles. The molecule has 2 aromatic rings. The first-order chi connectivity index (χ1) is 9.24. The number of hydrogen-bond acceptors (Lipinski definition) is 3. The highest BCUT2D eigenvalue weighted by Gasteiger charge is 2.27. The van der Waals surface area contributed by atoms with E-state index in [1.54, 1.807) is 11.3 Å². The average Bonchev–Trinajstić information content (AvgIpc) is 2.86. The quantitative estimate of drug-likeness (QED) is 0.882. The maximum absolute atomic E-state index is 12.3. The van der Waals surface area contributed by atoms with Crippen molar-refractivity contribution >= 4 is 33.0 Å². The number of carbonyl (C=O) groups excluding carboxylic acids is 1. The van der Waals surface area contributed by atoms with Gasteiger partial charge in [-0.1, -0.05) is 6.92 Å². The molecule has 1 saturated heterocycles. The summed E-state index contributed by atoms with van der Waals surface area (Å²) in [6.07, 6.45) is 2.28. The lowest BCUT2D eigenvalue weighted by Gasteiger charge is -2.28. The van der Waals surface area contributed by atoms with Crippen molar-refractivity contribution in [3.8, 4) is 0 Å². The predicted molar refractivity (Wildman–Crippen MR) is 80.6 cm³/mol. The minimum Gasteiger partial charge on any atom is -0.325 e. The predicted octanol–water partition coefficient (Wildman–Crippen LogP) is 3.23. The van der Waals surface area contributed by atoms with Gasteiger partial charge in [-0.3, -0.25) is 4.79 Å². The lowest BCUT2D eigenvalue weighted by Crippen LogP contribution is -2.48. The van der Waals surface area contributed by atoms with Crippen LogP contribution in [-0.2, 0) is 4.79 Å². The number of anilines is 1. The largest absolute Gasteiger partial charge is 0.325 e. The maximum atomic E-state index is 12.3. The number of benzene rings is 1. The van der Waals surface area contributed by atoms with E-state index >= 15 is 0 Å². The number of nitrogens with one attached hydrogen (secondary N) is 2. The number of rotatable bonds is 2. The summed E-state index contributed by atoms with van der Waals surface area (Å²) in [5, 5.41) is 9.60. The topological polar surface area (TPSA) is 41.1 Å². The van der Waals surface area contributed by atoms with Gasteiger partial charge in [0.05, 0.1) is 6.04 Å². The molecule has 0 spiro atoms. The first-order valence-electron chi connectivity index (χ1n) is 6.75. The van der Waals surface area contributed by atoms with Gasteiger partial charge in [0.25, 0.3) is 0 Å². The summed E-state index contributed by atoms with van der Waals surface area (Å²) in [5.41, 5.74) is 0.885. The molecule has 1 amide bonds. The molecule has 100 valence electrons. The Hall–Kier alpha value is -1.39. The molecule has 3 rings (SSSR count). The molecule has 2 N–H and O–H groups in total. The Labute approximate surface area is 117 Å². The Morgan fingerprint density at radius 1 is 1.42 bits per heavy atom. The van der Waals surface area contributed by atoms with Crippen molar-refractivity contribution in [2.24, 2.45) is 5.92 Å². The van der Waals surface area contributed by atoms with Crippen molar-refractivity contribution in [1.29, 1.82) is 0 Å². The van der Waals surface area contributed by atoms with Crippen LogP contribution in [0.5, 0.6) is 0 Å². The number of piperidine rings is 1. The third kappa shape index (κ3) is 2.65. The summed E-state index contributed by atoms with van der Waals surface area (Å²) in [6, 6.07) is 8.10. The van der Waals surface area contributed by atoms with Gasteiger partial charge >= 0.3 is 0 Å². The molecule has 1 aliphatic rings. The van der Waals surface area contributed by atoms with E-state index in [9.17, 15) is 4.79 Å². The standard InChI is InChI=1S/C15H18N2OS/c1-10-3-2-7-16-14(10)15(18)17-12-4-5-13-11(9-12)6-8-19-13/h4-6,8-10,14,16H,2-3,7H2,1H3,(H,17,18). The fraction of sp³-hybridized carbons (Fsp3) is 0.400. The zero-order valence-electron chi connectivity index (χ0n) is 11.0. The molecular formula is C15H18N2OS. The molecule has 2 unspecified atom stereocenters. The highest BCUT2D eigenvalue weighted by Crippen LogP contribution is 2.24. The molecule has 4 heteroatoms. The Morgan fingerprint density at radius 3 is 3.16 bits per heavy atom. The molecule has 1 fully saturated rings. The highest BCUT2D eigenvalue weighted by molar-refractivity contribution is 7.17. The summed E-state index contributed by atoms with van der Waals surface area (Å²) in [6.45, 7) is 3.07. The fourth-order valence-electron chi connectivity index (χ4n) is 2.66. The monoisotopic (exact) mass is 274 g/mol. The lowest BCUT2D eigenvalue weighted by molar-refractivity contribution is -0.119.